The third-order valence-corrected chi connectivity index (χ3v) is 5.69. The highest BCUT2D eigenvalue weighted by Gasteiger charge is 2.32. The molecule has 1 atom stereocenters. The molecule has 3 aromatic rings. The average molecular weight is 608 g/mol. The first-order valence-corrected chi connectivity index (χ1v) is 11.4. The molecule has 2 aromatic carbocycles. The first kappa shape index (κ1) is 28.8. The number of nitrogens with zero attached hydrogens (tertiary/aromatic N) is 2. The zero-order chi connectivity index (χ0) is 28.2. The van der Waals surface area contributed by atoms with Crippen molar-refractivity contribution in [3.63, 3.8) is 0 Å². The number of aromatic nitrogens is 1. The Morgan fingerprint density at radius 2 is 1.84 bits per heavy atom. The van der Waals surface area contributed by atoms with E-state index < -0.39 is 59.3 Å². The Morgan fingerprint density at radius 1 is 1.18 bits per heavy atom. The minimum absolute atomic E-state index is 0.0121. The van der Waals surface area contributed by atoms with Crippen LogP contribution in [0.5, 0.6) is 5.75 Å². The summed E-state index contributed by atoms with van der Waals surface area (Å²) in [6.45, 7) is -0.652. The maximum Gasteiger partial charge on any atom is 0.416 e. The third-order valence-electron chi connectivity index (χ3n) is 5.16. The number of methoxy groups -OCH3 is 1. The number of primary amides is 1. The van der Waals surface area contributed by atoms with Crippen molar-refractivity contribution >= 4 is 27.9 Å². The summed E-state index contributed by atoms with van der Waals surface area (Å²) < 4.78 is 83.6. The van der Waals surface area contributed by atoms with Crippen molar-refractivity contribution in [3.8, 4) is 17.0 Å². The number of rotatable bonds is 10. The van der Waals surface area contributed by atoms with Gasteiger partial charge in [0.15, 0.2) is 22.3 Å². The van der Waals surface area contributed by atoms with Crippen LogP contribution in [0.15, 0.2) is 45.5 Å². The van der Waals surface area contributed by atoms with Gasteiger partial charge in [0.1, 0.15) is 17.1 Å². The molecular formula is C23H19BrF5N3O6. The Morgan fingerprint density at radius 3 is 2.39 bits per heavy atom. The van der Waals surface area contributed by atoms with Gasteiger partial charge in [-0.05, 0) is 40.2 Å². The summed E-state index contributed by atoms with van der Waals surface area (Å²) in [6.07, 6.45) is -7.43. The van der Waals surface area contributed by atoms with Gasteiger partial charge in [0.05, 0.1) is 18.7 Å². The van der Waals surface area contributed by atoms with Gasteiger partial charge in [0.2, 0.25) is 5.89 Å². The molecule has 0 saturated carbocycles. The number of carboxylic acid groups (broad SMARTS) is 1. The van der Waals surface area contributed by atoms with Gasteiger partial charge in [-0.3, -0.25) is 4.79 Å². The summed E-state index contributed by atoms with van der Waals surface area (Å²) in [5.74, 6) is -5.05. The molecule has 204 valence electrons. The van der Waals surface area contributed by atoms with Crippen molar-refractivity contribution in [2.45, 2.75) is 12.3 Å². The van der Waals surface area contributed by atoms with Crippen LogP contribution in [0.2, 0.25) is 0 Å². The minimum Gasteiger partial charge on any atom is -0.476 e. The van der Waals surface area contributed by atoms with Crippen molar-refractivity contribution in [1.29, 1.82) is 0 Å². The van der Waals surface area contributed by atoms with E-state index in [0.717, 1.165) is 41.3 Å². The van der Waals surface area contributed by atoms with E-state index in [0.29, 0.717) is 0 Å². The molecular weight excluding hydrogens is 589 g/mol. The number of carbonyl (C=O) groups is 2. The van der Waals surface area contributed by atoms with Gasteiger partial charge in [-0.1, -0.05) is 12.1 Å². The molecule has 0 aliphatic heterocycles. The Balaban J connectivity index is 2.03. The maximum absolute atomic E-state index is 14.9. The van der Waals surface area contributed by atoms with Crippen LogP contribution in [0.1, 0.15) is 27.9 Å². The van der Waals surface area contributed by atoms with E-state index in [1.54, 1.807) is 0 Å². The van der Waals surface area contributed by atoms with Gasteiger partial charge < -0.3 is 29.6 Å². The predicted molar refractivity (Wildman–Crippen MR) is 124 cm³/mol. The van der Waals surface area contributed by atoms with Gasteiger partial charge >= 0.3 is 12.3 Å². The van der Waals surface area contributed by atoms with Crippen molar-refractivity contribution in [2.24, 2.45) is 5.73 Å². The number of nitrogens with two attached hydrogens (primary N) is 1. The molecule has 0 spiro atoms. The second kappa shape index (κ2) is 11.8. The highest BCUT2D eigenvalue weighted by atomic mass is 79.9. The Kier molecular flexibility index (Phi) is 8.93. The van der Waals surface area contributed by atoms with Gasteiger partial charge in [-0.15, -0.1) is 0 Å². The van der Waals surface area contributed by atoms with Crippen LogP contribution in [-0.2, 0) is 10.9 Å². The van der Waals surface area contributed by atoms with Crippen molar-refractivity contribution in [3.05, 3.63) is 69.7 Å². The monoisotopic (exact) mass is 607 g/mol. The summed E-state index contributed by atoms with van der Waals surface area (Å²) in [7, 11) is 1.34. The topological polar surface area (TPSA) is 128 Å². The second-order valence-electron chi connectivity index (χ2n) is 7.68. The SMILES string of the molecule is COCCN(CC(Oc1ccc(F)c(C(N)=O)c1F)c1nc(-c2ccc(C(F)(F)F)cc2)c(Br)o1)C(=O)O. The van der Waals surface area contributed by atoms with Crippen LogP contribution in [0.4, 0.5) is 26.7 Å². The zero-order valence-corrected chi connectivity index (χ0v) is 21.0. The normalized spacial score (nSPS) is 12.3. The first-order valence-electron chi connectivity index (χ1n) is 10.6. The largest absolute Gasteiger partial charge is 0.476 e. The van der Waals surface area contributed by atoms with E-state index in [4.69, 9.17) is 19.6 Å². The van der Waals surface area contributed by atoms with Crippen molar-refractivity contribution in [2.75, 3.05) is 26.8 Å². The zero-order valence-electron chi connectivity index (χ0n) is 19.4. The molecule has 2 amide bonds. The van der Waals surface area contributed by atoms with Crippen LogP contribution in [-0.4, -0.2) is 53.8 Å². The lowest BCUT2D eigenvalue weighted by Crippen LogP contribution is -2.37. The first-order chi connectivity index (χ1) is 17.8. The quantitative estimate of drug-likeness (QED) is 0.301. The Hall–Kier alpha value is -3.72. The number of benzene rings is 2. The minimum atomic E-state index is -4.56. The lowest BCUT2D eigenvalue weighted by atomic mass is 10.1. The van der Waals surface area contributed by atoms with E-state index >= 15 is 0 Å². The molecule has 38 heavy (non-hydrogen) atoms. The maximum atomic E-state index is 14.9. The van der Waals surface area contributed by atoms with E-state index in [9.17, 15) is 36.6 Å². The molecule has 0 aliphatic rings. The lowest BCUT2D eigenvalue weighted by Gasteiger charge is -2.24. The number of ether oxygens (including phenoxy) is 2. The van der Waals surface area contributed by atoms with Gasteiger partial charge in [0, 0.05) is 19.2 Å². The number of amides is 2. The summed E-state index contributed by atoms with van der Waals surface area (Å²) in [6, 6.07) is 5.55. The Labute approximate surface area is 220 Å². The van der Waals surface area contributed by atoms with Crippen molar-refractivity contribution < 1.29 is 50.5 Å². The molecule has 9 nitrogen and oxygen atoms in total. The van der Waals surface area contributed by atoms with Gasteiger partial charge in [0.25, 0.3) is 5.91 Å². The summed E-state index contributed by atoms with van der Waals surface area (Å²) >= 11 is 3.12. The van der Waals surface area contributed by atoms with Crippen LogP contribution >= 0.6 is 15.9 Å². The fourth-order valence-corrected chi connectivity index (χ4v) is 3.77. The highest BCUT2D eigenvalue weighted by Crippen LogP contribution is 2.36. The molecule has 0 radical (unpaired) electrons. The average Bonchev–Trinajstić information content (AvgIpc) is 3.23. The van der Waals surface area contributed by atoms with Crippen LogP contribution < -0.4 is 10.5 Å². The Bertz CT molecular complexity index is 1320. The smallest absolute Gasteiger partial charge is 0.416 e. The predicted octanol–water partition coefficient (Wildman–Crippen LogP) is 5.25. The molecule has 15 heteroatoms. The van der Waals surface area contributed by atoms with Gasteiger partial charge in [-0.25, -0.2) is 18.6 Å². The molecule has 1 aromatic heterocycles. The third kappa shape index (κ3) is 6.58. The molecule has 0 saturated heterocycles. The van der Waals surface area contributed by atoms with Crippen LogP contribution in [0.25, 0.3) is 11.3 Å². The fourth-order valence-electron chi connectivity index (χ4n) is 3.29. The molecule has 0 bridgehead atoms. The second-order valence-corrected chi connectivity index (χ2v) is 8.40. The number of carbonyl (C=O) groups excluding carboxylic acids is 1. The molecule has 0 aliphatic carbocycles. The molecule has 3 rings (SSSR count). The van der Waals surface area contributed by atoms with Gasteiger partial charge in [-0.2, -0.15) is 13.2 Å². The molecule has 3 N–H and O–H groups in total. The number of alkyl halides is 3. The van der Waals surface area contributed by atoms with Crippen molar-refractivity contribution in [1.82, 2.24) is 9.88 Å². The molecule has 1 unspecified atom stereocenters. The van der Waals surface area contributed by atoms with E-state index in [1.165, 1.54) is 7.11 Å². The summed E-state index contributed by atoms with van der Waals surface area (Å²) in [4.78, 5) is 28.3. The number of hydrogen-bond donors (Lipinski definition) is 2. The lowest BCUT2D eigenvalue weighted by molar-refractivity contribution is -0.137. The summed E-state index contributed by atoms with van der Waals surface area (Å²) in [5, 5.41) is 9.58. The van der Waals surface area contributed by atoms with E-state index in [1.807, 2.05) is 0 Å². The fraction of sp³-hybridized carbons (Fsp3) is 0.261. The van der Waals surface area contributed by atoms with E-state index in [-0.39, 0.29) is 35.0 Å². The highest BCUT2D eigenvalue weighted by molar-refractivity contribution is 9.10. The van der Waals surface area contributed by atoms with E-state index in [2.05, 4.69) is 20.9 Å². The number of halogens is 6. The van der Waals surface area contributed by atoms with Crippen LogP contribution in [0.3, 0.4) is 0 Å². The molecule has 0 fully saturated rings. The standard InChI is InChI=1S/C23H19BrF5N3O6/c1-36-9-8-32(22(34)35)10-15(37-14-7-6-13(25)16(17(14)26)20(30)33)21-31-18(19(24)38-21)11-2-4-12(5-3-11)23(27,28)29/h2-7,15H,8-10H2,1H3,(H2,30,33)(H,34,35). The number of hydrogen-bond acceptors (Lipinski definition) is 6. The number of oxazole rings is 1. The molecule has 1 heterocycles. The van der Waals surface area contributed by atoms with Crippen LogP contribution in [0, 0.1) is 11.6 Å². The summed E-state index contributed by atoms with van der Waals surface area (Å²) in [5.41, 5.74) is 3.32.